The number of hydrogen-bond donors (Lipinski definition) is 2. The first-order valence-electron chi connectivity index (χ1n) is 5.70. The van der Waals surface area contributed by atoms with Crippen LogP contribution in [0.5, 0.6) is 11.5 Å². The number of ether oxygens (including phenoxy) is 3. The number of aliphatic hydroxyl groups is 1. The van der Waals surface area contributed by atoms with E-state index in [9.17, 15) is 9.90 Å². The second kappa shape index (κ2) is 6.40. The van der Waals surface area contributed by atoms with Gasteiger partial charge >= 0.3 is 5.97 Å². The lowest BCUT2D eigenvalue weighted by Crippen LogP contribution is -2.51. The van der Waals surface area contributed by atoms with Crippen LogP contribution in [0.25, 0.3) is 0 Å². The molecule has 0 amide bonds. The summed E-state index contributed by atoms with van der Waals surface area (Å²) in [6, 6.07) is 4.96. The zero-order valence-corrected chi connectivity index (χ0v) is 11.5. The number of carbonyl (C=O) groups is 1. The molecule has 1 unspecified atom stereocenters. The predicted molar refractivity (Wildman–Crippen MR) is 69.4 cm³/mol. The Kier molecular flexibility index (Phi) is 5.14. The summed E-state index contributed by atoms with van der Waals surface area (Å²) in [5.74, 6) is 0.431. The van der Waals surface area contributed by atoms with Gasteiger partial charge in [0.15, 0.2) is 17.0 Å². The maximum atomic E-state index is 11.9. The number of nitrogens with one attached hydrogen (secondary N) is 1. The highest BCUT2D eigenvalue weighted by molar-refractivity contribution is 5.83. The average molecular weight is 269 g/mol. The Balaban J connectivity index is 3.35. The molecular weight excluding hydrogens is 250 g/mol. The molecule has 6 nitrogen and oxygen atoms in total. The van der Waals surface area contributed by atoms with Gasteiger partial charge in [0.1, 0.15) is 0 Å². The molecule has 1 atom stereocenters. The van der Waals surface area contributed by atoms with E-state index in [1.54, 1.807) is 25.2 Å². The van der Waals surface area contributed by atoms with Crippen molar-refractivity contribution >= 4 is 5.97 Å². The van der Waals surface area contributed by atoms with Gasteiger partial charge < -0.3 is 19.3 Å². The standard InChI is InChI=1S/C13H19NO5/c1-14-13(8-15,12(16)19-4)9-5-6-10(17-2)11(7-9)18-3/h5-7,14-15H,8H2,1-4H3. The van der Waals surface area contributed by atoms with Gasteiger partial charge in [0, 0.05) is 0 Å². The lowest BCUT2D eigenvalue weighted by atomic mass is 9.90. The normalized spacial score (nSPS) is 13.5. The van der Waals surface area contributed by atoms with Gasteiger partial charge in [0.05, 0.1) is 27.9 Å². The number of aliphatic hydroxyl groups excluding tert-OH is 1. The van der Waals surface area contributed by atoms with Crippen molar-refractivity contribution in [1.29, 1.82) is 0 Å². The largest absolute Gasteiger partial charge is 0.493 e. The lowest BCUT2D eigenvalue weighted by Gasteiger charge is -2.29. The Bertz CT molecular complexity index is 443. The van der Waals surface area contributed by atoms with E-state index in [0.29, 0.717) is 17.1 Å². The summed E-state index contributed by atoms with van der Waals surface area (Å²) in [5, 5.41) is 12.4. The van der Waals surface area contributed by atoms with Crippen molar-refractivity contribution in [2.45, 2.75) is 5.54 Å². The van der Waals surface area contributed by atoms with Crippen LogP contribution in [0.4, 0.5) is 0 Å². The van der Waals surface area contributed by atoms with E-state index in [0.717, 1.165) is 0 Å². The lowest BCUT2D eigenvalue weighted by molar-refractivity contribution is -0.150. The smallest absolute Gasteiger partial charge is 0.333 e. The zero-order chi connectivity index (χ0) is 14.5. The molecule has 0 aliphatic heterocycles. The molecule has 0 radical (unpaired) electrons. The molecule has 1 aromatic carbocycles. The molecule has 0 heterocycles. The molecular formula is C13H19NO5. The topological polar surface area (TPSA) is 77.0 Å². The molecule has 0 fully saturated rings. The fraction of sp³-hybridized carbons (Fsp3) is 0.462. The fourth-order valence-corrected chi connectivity index (χ4v) is 1.88. The van der Waals surface area contributed by atoms with Crippen LogP contribution >= 0.6 is 0 Å². The molecule has 0 bridgehead atoms. The van der Waals surface area contributed by atoms with Crippen molar-refractivity contribution in [3.63, 3.8) is 0 Å². The van der Waals surface area contributed by atoms with Crippen LogP contribution in [0.3, 0.4) is 0 Å². The first-order valence-corrected chi connectivity index (χ1v) is 5.70. The van der Waals surface area contributed by atoms with Crippen molar-refractivity contribution in [2.24, 2.45) is 0 Å². The van der Waals surface area contributed by atoms with Crippen molar-refractivity contribution in [2.75, 3.05) is 35.0 Å². The molecule has 1 rings (SSSR count). The van der Waals surface area contributed by atoms with Gasteiger partial charge in [-0.2, -0.15) is 0 Å². The number of rotatable bonds is 6. The summed E-state index contributed by atoms with van der Waals surface area (Å²) < 4.78 is 15.1. The third-order valence-corrected chi connectivity index (χ3v) is 3.07. The van der Waals surface area contributed by atoms with Crippen LogP contribution in [-0.2, 0) is 15.1 Å². The summed E-state index contributed by atoms with van der Waals surface area (Å²) >= 11 is 0. The highest BCUT2D eigenvalue weighted by atomic mass is 16.5. The minimum absolute atomic E-state index is 0.439. The Morgan fingerprint density at radius 3 is 2.32 bits per heavy atom. The highest BCUT2D eigenvalue weighted by Gasteiger charge is 2.40. The van der Waals surface area contributed by atoms with Gasteiger partial charge in [-0.3, -0.25) is 5.32 Å². The maximum absolute atomic E-state index is 11.9. The van der Waals surface area contributed by atoms with Gasteiger partial charge in [-0.25, -0.2) is 4.79 Å². The van der Waals surface area contributed by atoms with E-state index in [2.05, 4.69) is 5.32 Å². The van der Waals surface area contributed by atoms with E-state index in [-0.39, 0.29) is 0 Å². The Morgan fingerprint density at radius 1 is 1.26 bits per heavy atom. The molecule has 0 spiro atoms. The molecule has 0 aromatic heterocycles. The summed E-state index contributed by atoms with van der Waals surface area (Å²) in [7, 11) is 5.86. The van der Waals surface area contributed by atoms with Crippen LogP contribution in [0.2, 0.25) is 0 Å². The van der Waals surface area contributed by atoms with Gasteiger partial charge in [-0.05, 0) is 24.7 Å². The second-order valence-corrected chi connectivity index (χ2v) is 3.87. The van der Waals surface area contributed by atoms with E-state index >= 15 is 0 Å². The van der Waals surface area contributed by atoms with Crippen molar-refractivity contribution in [1.82, 2.24) is 5.32 Å². The van der Waals surface area contributed by atoms with Gasteiger partial charge in [-0.1, -0.05) is 6.07 Å². The number of likely N-dealkylation sites (N-methyl/N-ethyl adjacent to an activating group) is 1. The summed E-state index contributed by atoms with van der Waals surface area (Å²) in [5.41, 5.74) is -0.795. The van der Waals surface area contributed by atoms with Gasteiger partial charge in [-0.15, -0.1) is 0 Å². The summed E-state index contributed by atoms with van der Waals surface area (Å²) in [6.07, 6.45) is 0. The van der Waals surface area contributed by atoms with E-state index in [1.165, 1.54) is 21.3 Å². The van der Waals surface area contributed by atoms with Crippen LogP contribution < -0.4 is 14.8 Å². The molecule has 0 aliphatic carbocycles. The van der Waals surface area contributed by atoms with Crippen LogP contribution in [0.15, 0.2) is 18.2 Å². The van der Waals surface area contributed by atoms with Crippen LogP contribution in [-0.4, -0.2) is 46.1 Å². The first kappa shape index (κ1) is 15.3. The SMILES string of the molecule is CNC(CO)(C(=O)OC)c1ccc(OC)c(OC)c1. The third-order valence-electron chi connectivity index (χ3n) is 3.07. The minimum Gasteiger partial charge on any atom is -0.493 e. The first-order chi connectivity index (χ1) is 9.09. The molecule has 2 N–H and O–H groups in total. The van der Waals surface area contributed by atoms with Crippen LogP contribution in [0, 0.1) is 0 Å². The van der Waals surface area contributed by atoms with E-state index in [4.69, 9.17) is 14.2 Å². The molecule has 0 saturated carbocycles. The van der Waals surface area contributed by atoms with E-state index in [1.807, 2.05) is 0 Å². The van der Waals surface area contributed by atoms with Crippen molar-refractivity contribution in [3.05, 3.63) is 23.8 Å². The summed E-state index contributed by atoms with van der Waals surface area (Å²) in [6.45, 7) is -0.439. The molecule has 0 aliphatic rings. The van der Waals surface area contributed by atoms with Crippen LogP contribution in [0.1, 0.15) is 5.56 Å². The minimum atomic E-state index is -1.33. The van der Waals surface area contributed by atoms with E-state index < -0.39 is 18.1 Å². The molecule has 0 saturated heterocycles. The maximum Gasteiger partial charge on any atom is 0.333 e. The van der Waals surface area contributed by atoms with Gasteiger partial charge in [0.2, 0.25) is 0 Å². The van der Waals surface area contributed by atoms with Gasteiger partial charge in [0.25, 0.3) is 0 Å². The number of benzene rings is 1. The second-order valence-electron chi connectivity index (χ2n) is 3.87. The number of methoxy groups -OCH3 is 3. The number of hydrogen-bond acceptors (Lipinski definition) is 6. The average Bonchev–Trinajstić information content (AvgIpc) is 2.48. The summed E-state index contributed by atoms with van der Waals surface area (Å²) in [4.78, 5) is 11.9. The Morgan fingerprint density at radius 2 is 1.89 bits per heavy atom. The van der Waals surface area contributed by atoms with Crippen molar-refractivity contribution in [3.8, 4) is 11.5 Å². The van der Waals surface area contributed by atoms with Crippen molar-refractivity contribution < 1.29 is 24.1 Å². The quantitative estimate of drug-likeness (QED) is 0.723. The molecule has 19 heavy (non-hydrogen) atoms. The number of esters is 1. The molecule has 106 valence electrons. The zero-order valence-electron chi connectivity index (χ0n) is 11.5. The Labute approximate surface area is 112 Å². The molecule has 1 aromatic rings. The highest BCUT2D eigenvalue weighted by Crippen LogP contribution is 2.32. The number of carbonyl (C=O) groups excluding carboxylic acids is 1. The molecule has 6 heteroatoms. The monoisotopic (exact) mass is 269 g/mol. The third kappa shape index (κ3) is 2.64. The predicted octanol–water partition coefficient (Wildman–Crippen LogP) is 0.284. The fourth-order valence-electron chi connectivity index (χ4n) is 1.88. The Hall–Kier alpha value is -1.79.